The molecule has 0 saturated carbocycles. The molecule has 1 aromatic heterocycles. The van der Waals surface area contributed by atoms with Crippen molar-refractivity contribution in [1.82, 2.24) is 15.2 Å². The molecule has 0 aliphatic carbocycles. The van der Waals surface area contributed by atoms with Crippen molar-refractivity contribution >= 4 is 17.8 Å². The minimum atomic E-state index is -0.476. The van der Waals surface area contributed by atoms with Crippen molar-refractivity contribution in [3.63, 3.8) is 0 Å². The molecule has 2 aliphatic rings. The fourth-order valence-electron chi connectivity index (χ4n) is 3.94. The second-order valence-electron chi connectivity index (χ2n) is 9.08. The number of carbonyl (C=O) groups is 2. The minimum Gasteiger partial charge on any atom is -0.444 e. The van der Waals surface area contributed by atoms with E-state index in [1.807, 2.05) is 32.9 Å². The van der Waals surface area contributed by atoms with Crippen molar-refractivity contribution in [1.29, 1.82) is 0 Å². The molecule has 0 bridgehead atoms. The van der Waals surface area contributed by atoms with Crippen molar-refractivity contribution in [2.75, 3.05) is 37.6 Å². The number of hydrogen-bond donors (Lipinski definition) is 1. The maximum absolute atomic E-state index is 12.4. The molecule has 1 unspecified atom stereocenters. The molecule has 2 amide bonds. The van der Waals surface area contributed by atoms with Crippen molar-refractivity contribution < 1.29 is 14.3 Å². The van der Waals surface area contributed by atoms with Crippen molar-refractivity contribution in [3.8, 4) is 0 Å². The average Bonchev–Trinajstić information content (AvgIpc) is 3.22. The normalized spacial score (nSPS) is 19.9. The van der Waals surface area contributed by atoms with Gasteiger partial charge in [0.1, 0.15) is 11.4 Å². The molecule has 7 nitrogen and oxygen atoms in total. The largest absolute Gasteiger partial charge is 0.444 e. The second-order valence-corrected chi connectivity index (χ2v) is 9.08. The number of rotatable bonds is 5. The zero-order valence-electron chi connectivity index (χ0n) is 17.9. The number of ether oxygens (including phenoxy) is 1. The number of nitrogens with zero attached hydrogens (tertiary/aromatic N) is 3. The maximum atomic E-state index is 12.4. The molecule has 0 radical (unpaired) electrons. The monoisotopic (exact) mass is 402 g/mol. The van der Waals surface area contributed by atoms with E-state index in [1.165, 1.54) is 12.8 Å². The quantitative estimate of drug-likeness (QED) is 0.816. The van der Waals surface area contributed by atoms with Gasteiger partial charge in [-0.05, 0) is 70.9 Å². The summed E-state index contributed by atoms with van der Waals surface area (Å²) in [6.45, 7) is 9.76. The van der Waals surface area contributed by atoms with Crippen LogP contribution in [0.1, 0.15) is 63.2 Å². The Morgan fingerprint density at radius 1 is 1.17 bits per heavy atom. The van der Waals surface area contributed by atoms with E-state index in [9.17, 15) is 9.59 Å². The molecule has 29 heavy (non-hydrogen) atoms. The maximum Gasteiger partial charge on any atom is 0.410 e. The lowest BCUT2D eigenvalue weighted by molar-refractivity contribution is 0.0161. The summed E-state index contributed by atoms with van der Waals surface area (Å²) in [6, 6.07) is 3.78. The summed E-state index contributed by atoms with van der Waals surface area (Å²) in [5, 5.41) is 2.99. The van der Waals surface area contributed by atoms with Gasteiger partial charge in [0.05, 0.1) is 5.56 Å². The molecule has 1 N–H and O–H groups in total. The van der Waals surface area contributed by atoms with Gasteiger partial charge in [0.2, 0.25) is 0 Å². The molecule has 0 spiro atoms. The first-order valence-electron chi connectivity index (χ1n) is 10.8. The van der Waals surface area contributed by atoms with Crippen LogP contribution in [0.3, 0.4) is 0 Å². The topological polar surface area (TPSA) is 74.8 Å². The highest BCUT2D eigenvalue weighted by Gasteiger charge is 2.27. The van der Waals surface area contributed by atoms with E-state index in [4.69, 9.17) is 4.74 Å². The van der Waals surface area contributed by atoms with Gasteiger partial charge in [-0.25, -0.2) is 9.78 Å². The molecule has 2 fully saturated rings. The second kappa shape index (κ2) is 9.46. The van der Waals surface area contributed by atoms with Crippen LogP contribution in [-0.4, -0.2) is 60.2 Å². The number of carbonyl (C=O) groups excluding carboxylic acids is 2. The molecule has 3 rings (SSSR count). The van der Waals surface area contributed by atoms with Gasteiger partial charge >= 0.3 is 6.09 Å². The van der Waals surface area contributed by atoms with Crippen LogP contribution in [-0.2, 0) is 4.74 Å². The Morgan fingerprint density at radius 3 is 2.59 bits per heavy atom. The van der Waals surface area contributed by atoms with Crippen LogP contribution in [0.2, 0.25) is 0 Å². The SMILES string of the molecule is CC(C)(C)OC(=O)N1CCCC(CCNC(=O)c2ccc(N3CCCC3)nc2)C1. The Hall–Kier alpha value is -2.31. The van der Waals surface area contributed by atoms with Crippen LogP contribution < -0.4 is 10.2 Å². The number of hydrogen-bond acceptors (Lipinski definition) is 5. The van der Waals surface area contributed by atoms with Crippen LogP contribution in [0, 0.1) is 5.92 Å². The number of piperidine rings is 1. The standard InChI is InChI=1S/C22H34N4O3/c1-22(2,3)29-21(28)26-14-6-7-17(16-26)10-11-23-20(27)18-8-9-19(24-15-18)25-12-4-5-13-25/h8-9,15,17H,4-7,10-14,16H2,1-3H3,(H,23,27). The zero-order chi connectivity index (χ0) is 20.9. The van der Waals surface area contributed by atoms with Gasteiger partial charge in [-0.15, -0.1) is 0 Å². The van der Waals surface area contributed by atoms with Crippen molar-refractivity contribution in [2.24, 2.45) is 5.92 Å². The van der Waals surface area contributed by atoms with Crippen LogP contribution in [0.15, 0.2) is 18.3 Å². The van der Waals surface area contributed by atoms with E-state index in [2.05, 4.69) is 15.2 Å². The number of amides is 2. The molecule has 2 aliphatic heterocycles. The fourth-order valence-corrected chi connectivity index (χ4v) is 3.94. The number of likely N-dealkylation sites (tertiary alicyclic amines) is 1. The fraction of sp³-hybridized carbons (Fsp3) is 0.682. The Balaban J connectivity index is 1.42. The predicted molar refractivity (Wildman–Crippen MR) is 113 cm³/mol. The number of pyridine rings is 1. The lowest BCUT2D eigenvalue weighted by Gasteiger charge is -2.34. The van der Waals surface area contributed by atoms with Crippen molar-refractivity contribution in [3.05, 3.63) is 23.9 Å². The lowest BCUT2D eigenvalue weighted by atomic mass is 9.95. The predicted octanol–water partition coefficient (Wildman–Crippen LogP) is 3.45. The van der Waals surface area contributed by atoms with Gasteiger partial charge in [-0.1, -0.05) is 0 Å². The van der Waals surface area contributed by atoms with Gasteiger partial charge in [0.15, 0.2) is 0 Å². The average molecular weight is 403 g/mol. The van der Waals surface area contributed by atoms with Crippen molar-refractivity contribution in [2.45, 2.75) is 58.5 Å². The van der Waals surface area contributed by atoms with Crippen LogP contribution in [0.4, 0.5) is 10.6 Å². The Bertz CT molecular complexity index is 693. The molecule has 1 atom stereocenters. The highest BCUT2D eigenvalue weighted by Crippen LogP contribution is 2.22. The van der Waals surface area contributed by atoms with Crippen LogP contribution in [0.25, 0.3) is 0 Å². The number of nitrogens with one attached hydrogen (secondary N) is 1. The molecule has 0 aromatic carbocycles. The van der Waals surface area contributed by atoms with Gasteiger partial charge in [-0.3, -0.25) is 4.79 Å². The third kappa shape index (κ3) is 6.34. The summed E-state index contributed by atoms with van der Waals surface area (Å²) in [7, 11) is 0. The van der Waals surface area contributed by atoms with Gasteiger partial charge in [0.25, 0.3) is 5.91 Å². The summed E-state index contributed by atoms with van der Waals surface area (Å²) in [5.74, 6) is 1.24. The summed E-state index contributed by atoms with van der Waals surface area (Å²) in [6.07, 6.45) is 6.72. The zero-order valence-corrected chi connectivity index (χ0v) is 17.9. The van der Waals surface area contributed by atoms with Gasteiger partial charge in [0, 0.05) is 38.9 Å². The summed E-state index contributed by atoms with van der Waals surface area (Å²) in [5.41, 5.74) is 0.114. The molecular weight excluding hydrogens is 368 g/mol. The number of anilines is 1. The molecule has 1 aromatic rings. The van der Waals surface area contributed by atoms with Gasteiger partial charge < -0.3 is 19.9 Å². The molecule has 160 valence electrons. The molecular formula is C22H34N4O3. The summed E-state index contributed by atoms with van der Waals surface area (Å²) in [4.78, 5) is 33.2. The summed E-state index contributed by atoms with van der Waals surface area (Å²) >= 11 is 0. The molecule has 7 heteroatoms. The van der Waals surface area contributed by atoms with Crippen LogP contribution in [0.5, 0.6) is 0 Å². The molecule has 2 saturated heterocycles. The third-order valence-corrected chi connectivity index (χ3v) is 5.45. The third-order valence-electron chi connectivity index (χ3n) is 5.45. The first-order valence-corrected chi connectivity index (χ1v) is 10.8. The number of aromatic nitrogens is 1. The lowest BCUT2D eigenvalue weighted by Crippen LogP contribution is -2.43. The first kappa shape index (κ1) is 21.4. The summed E-state index contributed by atoms with van der Waals surface area (Å²) < 4.78 is 5.48. The van der Waals surface area contributed by atoms with E-state index < -0.39 is 5.60 Å². The smallest absolute Gasteiger partial charge is 0.410 e. The van der Waals surface area contributed by atoms with E-state index in [0.29, 0.717) is 24.6 Å². The first-order chi connectivity index (χ1) is 13.8. The Kier molecular flexibility index (Phi) is 6.98. The van der Waals surface area contributed by atoms with E-state index in [-0.39, 0.29) is 12.0 Å². The van der Waals surface area contributed by atoms with Gasteiger partial charge in [-0.2, -0.15) is 0 Å². The Morgan fingerprint density at radius 2 is 1.93 bits per heavy atom. The van der Waals surface area contributed by atoms with E-state index >= 15 is 0 Å². The highest BCUT2D eigenvalue weighted by molar-refractivity contribution is 5.94. The van der Waals surface area contributed by atoms with E-state index in [0.717, 1.165) is 44.7 Å². The van der Waals surface area contributed by atoms with E-state index in [1.54, 1.807) is 11.1 Å². The molecule has 3 heterocycles. The van der Waals surface area contributed by atoms with Crippen LogP contribution >= 0.6 is 0 Å². The Labute approximate surface area is 173 Å². The highest BCUT2D eigenvalue weighted by atomic mass is 16.6. The minimum absolute atomic E-state index is 0.0923.